The maximum Gasteiger partial charge on any atom is 0.0823 e. The van der Waals surface area contributed by atoms with E-state index in [2.05, 4.69) is 43.0 Å². The summed E-state index contributed by atoms with van der Waals surface area (Å²) in [6, 6.07) is 10.6. The van der Waals surface area contributed by atoms with Gasteiger partial charge < -0.3 is 5.11 Å². The molecule has 0 heterocycles. The van der Waals surface area contributed by atoms with Crippen molar-refractivity contribution in [3.63, 3.8) is 0 Å². The van der Waals surface area contributed by atoms with Gasteiger partial charge >= 0.3 is 0 Å². The molecule has 1 nitrogen and oxygen atoms in total. The van der Waals surface area contributed by atoms with E-state index in [1.165, 1.54) is 43.2 Å². The summed E-state index contributed by atoms with van der Waals surface area (Å²) in [6.07, 6.45) is 9.96. The van der Waals surface area contributed by atoms with Crippen molar-refractivity contribution < 1.29 is 5.11 Å². The van der Waals surface area contributed by atoms with E-state index in [9.17, 15) is 5.11 Å². The summed E-state index contributed by atoms with van der Waals surface area (Å²) in [4.78, 5) is 0. The van der Waals surface area contributed by atoms with Crippen molar-refractivity contribution in [1.82, 2.24) is 0 Å². The second-order valence-corrected chi connectivity index (χ2v) is 6.07. The maximum atomic E-state index is 10.3. The fourth-order valence-corrected chi connectivity index (χ4v) is 2.98. The van der Waals surface area contributed by atoms with Crippen LogP contribution in [0.15, 0.2) is 41.6 Å². The van der Waals surface area contributed by atoms with Crippen LogP contribution in [0.2, 0.25) is 0 Å². The molecule has 1 atom stereocenters. The molecule has 114 valence electrons. The summed E-state index contributed by atoms with van der Waals surface area (Å²) >= 11 is 0. The third-order valence-electron chi connectivity index (χ3n) is 4.29. The number of hydrogen-bond donors (Lipinski definition) is 1. The Balaban J connectivity index is 2.30. The second kappa shape index (κ2) is 8.87. The largest absolute Gasteiger partial charge is 0.388 e. The molecule has 0 bridgehead atoms. The summed E-state index contributed by atoms with van der Waals surface area (Å²) in [5.41, 5.74) is 7.27. The lowest BCUT2D eigenvalue weighted by molar-refractivity contribution is 0.199. The number of aliphatic hydroxyl groups is 1. The van der Waals surface area contributed by atoms with Crippen LogP contribution >= 0.6 is 0 Å². The van der Waals surface area contributed by atoms with Gasteiger partial charge in [-0.2, -0.15) is 0 Å². The van der Waals surface area contributed by atoms with Gasteiger partial charge in [0.25, 0.3) is 0 Å². The molecule has 1 fully saturated rings. The molecule has 1 aliphatic rings. The molecule has 0 aliphatic heterocycles. The van der Waals surface area contributed by atoms with Crippen molar-refractivity contribution in [2.75, 3.05) is 0 Å². The Morgan fingerprint density at radius 2 is 1.95 bits per heavy atom. The van der Waals surface area contributed by atoms with Crippen molar-refractivity contribution in [3.8, 4) is 0 Å². The van der Waals surface area contributed by atoms with Crippen molar-refractivity contribution in [3.05, 3.63) is 47.2 Å². The van der Waals surface area contributed by atoms with Gasteiger partial charge in [0, 0.05) is 11.1 Å². The van der Waals surface area contributed by atoms with E-state index in [4.69, 9.17) is 0 Å². The van der Waals surface area contributed by atoms with Crippen LogP contribution in [0.4, 0.5) is 0 Å². The normalized spacial score (nSPS) is 19.0. The van der Waals surface area contributed by atoms with E-state index in [1.54, 1.807) is 0 Å². The molecule has 0 aromatic heterocycles. The lowest BCUT2D eigenvalue weighted by atomic mass is 9.97. The topological polar surface area (TPSA) is 20.2 Å². The van der Waals surface area contributed by atoms with Crippen LogP contribution in [-0.2, 0) is 0 Å². The summed E-state index contributed by atoms with van der Waals surface area (Å²) in [5, 5.41) is 10.3. The average molecular weight is 284 g/mol. The minimum absolute atomic E-state index is 0.280. The molecule has 1 saturated carbocycles. The van der Waals surface area contributed by atoms with Gasteiger partial charge in [0.15, 0.2) is 0 Å². The maximum absolute atomic E-state index is 10.3. The summed E-state index contributed by atoms with van der Waals surface area (Å²) < 4.78 is 0. The summed E-state index contributed by atoms with van der Waals surface area (Å²) in [6.45, 7) is 2.24. The average Bonchev–Trinajstić information content (AvgIpc) is 2.72. The molecular formula is C20H28O. The molecule has 1 aliphatic carbocycles. The van der Waals surface area contributed by atoms with Crippen molar-refractivity contribution in [1.29, 1.82) is 0 Å². The van der Waals surface area contributed by atoms with Gasteiger partial charge in [0.2, 0.25) is 0 Å². The zero-order chi connectivity index (χ0) is 14.9. The van der Waals surface area contributed by atoms with E-state index >= 15 is 0 Å². The molecule has 0 spiro atoms. The number of hydrogen-bond acceptors (Lipinski definition) is 1. The van der Waals surface area contributed by atoms with Crippen LogP contribution in [0.5, 0.6) is 0 Å². The van der Waals surface area contributed by atoms with E-state index in [0.717, 1.165) is 31.3 Å². The zero-order valence-corrected chi connectivity index (χ0v) is 13.3. The molecule has 2 rings (SSSR count). The van der Waals surface area contributed by atoms with Crippen LogP contribution < -0.4 is 0 Å². The standard InChI is InChI=1S/C20H28O/c1-2-3-6-13-18(17-11-7-4-8-12-17)16-19-14-9-5-10-15-20(19)21/h4,7-8,11-12,20-21H,2-3,5-6,9-10,13-15H2,1H3/t16?,20-/m0/s1. The number of rotatable bonds is 5. The molecule has 1 aromatic rings. The van der Waals surface area contributed by atoms with Crippen LogP contribution in [0.25, 0.3) is 5.57 Å². The van der Waals surface area contributed by atoms with Gasteiger partial charge in [-0.3, -0.25) is 0 Å². The number of aliphatic hydroxyl groups excluding tert-OH is 1. The quantitative estimate of drug-likeness (QED) is 0.430. The smallest absolute Gasteiger partial charge is 0.0823 e. The van der Waals surface area contributed by atoms with E-state index in [-0.39, 0.29) is 6.10 Å². The van der Waals surface area contributed by atoms with Gasteiger partial charge in [-0.05, 0) is 37.7 Å². The van der Waals surface area contributed by atoms with Gasteiger partial charge in [0.1, 0.15) is 0 Å². The minimum atomic E-state index is -0.280. The zero-order valence-electron chi connectivity index (χ0n) is 13.3. The Labute approximate surface area is 129 Å². The van der Waals surface area contributed by atoms with Crippen LogP contribution in [0, 0.1) is 0 Å². The molecular weight excluding hydrogens is 256 g/mol. The highest BCUT2D eigenvalue weighted by atomic mass is 16.3. The van der Waals surface area contributed by atoms with Gasteiger partial charge in [-0.25, -0.2) is 0 Å². The minimum Gasteiger partial charge on any atom is -0.388 e. The fourth-order valence-electron chi connectivity index (χ4n) is 2.98. The van der Waals surface area contributed by atoms with Gasteiger partial charge in [-0.1, -0.05) is 62.9 Å². The first-order valence-electron chi connectivity index (χ1n) is 8.53. The van der Waals surface area contributed by atoms with E-state index in [1.807, 2.05) is 0 Å². The first kappa shape index (κ1) is 16.1. The van der Waals surface area contributed by atoms with Crippen LogP contribution in [-0.4, -0.2) is 11.2 Å². The SMILES string of the molecule is CCCCCC(=C=C1CCCCC[C@@H]1O)c1ccccc1. The summed E-state index contributed by atoms with van der Waals surface area (Å²) in [7, 11) is 0. The highest BCUT2D eigenvalue weighted by molar-refractivity contribution is 5.65. The molecule has 0 saturated heterocycles. The Morgan fingerprint density at radius 3 is 2.71 bits per heavy atom. The monoisotopic (exact) mass is 284 g/mol. The Morgan fingerprint density at radius 1 is 1.14 bits per heavy atom. The molecule has 0 radical (unpaired) electrons. The molecule has 1 N–H and O–H groups in total. The highest BCUT2D eigenvalue weighted by Gasteiger charge is 2.14. The molecule has 1 heteroatoms. The predicted molar refractivity (Wildman–Crippen MR) is 90.1 cm³/mol. The molecule has 0 amide bonds. The molecule has 0 unspecified atom stereocenters. The lowest BCUT2D eigenvalue weighted by Gasteiger charge is -2.10. The first-order valence-corrected chi connectivity index (χ1v) is 8.53. The van der Waals surface area contributed by atoms with Crippen molar-refractivity contribution in [2.24, 2.45) is 0 Å². The van der Waals surface area contributed by atoms with Gasteiger partial charge in [-0.15, -0.1) is 5.73 Å². The Kier molecular flexibility index (Phi) is 6.79. The second-order valence-electron chi connectivity index (χ2n) is 6.07. The van der Waals surface area contributed by atoms with E-state index < -0.39 is 0 Å². The lowest BCUT2D eigenvalue weighted by Crippen LogP contribution is -2.07. The Hall–Kier alpha value is -1.30. The molecule has 21 heavy (non-hydrogen) atoms. The van der Waals surface area contributed by atoms with Crippen molar-refractivity contribution >= 4 is 5.57 Å². The van der Waals surface area contributed by atoms with Gasteiger partial charge in [0.05, 0.1) is 6.10 Å². The Bertz CT molecular complexity index is 480. The van der Waals surface area contributed by atoms with Crippen molar-refractivity contribution in [2.45, 2.75) is 70.8 Å². The fraction of sp³-hybridized carbons (Fsp3) is 0.550. The van der Waals surface area contributed by atoms with E-state index in [0.29, 0.717) is 0 Å². The third-order valence-corrected chi connectivity index (χ3v) is 4.29. The number of benzene rings is 1. The summed E-state index contributed by atoms with van der Waals surface area (Å²) in [5.74, 6) is 0. The molecule has 1 aromatic carbocycles. The first-order chi connectivity index (χ1) is 10.3. The predicted octanol–water partition coefficient (Wildman–Crippen LogP) is 5.50. The third kappa shape index (κ3) is 5.19. The number of unbranched alkanes of at least 4 members (excludes halogenated alkanes) is 2. The van der Waals surface area contributed by atoms with Crippen LogP contribution in [0.1, 0.15) is 70.3 Å². The highest BCUT2D eigenvalue weighted by Crippen LogP contribution is 2.26. The van der Waals surface area contributed by atoms with Crippen LogP contribution in [0.3, 0.4) is 0 Å².